The van der Waals surface area contributed by atoms with E-state index in [0.717, 1.165) is 24.9 Å². The molecule has 0 saturated carbocycles. The molecule has 0 unspecified atom stereocenters. The first-order valence-corrected chi connectivity index (χ1v) is 7.55. The molecule has 112 valence electrons. The number of aryl methyl sites for hydroxylation is 3. The molecule has 0 amide bonds. The van der Waals surface area contributed by atoms with E-state index in [-0.39, 0.29) is 5.41 Å². The molecule has 1 aliphatic carbocycles. The van der Waals surface area contributed by atoms with Crippen molar-refractivity contribution in [3.05, 3.63) is 41.0 Å². The van der Waals surface area contributed by atoms with Crippen LogP contribution in [0.2, 0.25) is 0 Å². The number of nitrogens with zero attached hydrogens (tertiary/aromatic N) is 3. The number of ketones is 1. The molecule has 4 heteroatoms. The molecule has 0 spiro atoms. The van der Waals surface area contributed by atoms with Gasteiger partial charge < -0.3 is 4.57 Å². The Kier molecular flexibility index (Phi) is 3.27. The van der Waals surface area contributed by atoms with Crippen LogP contribution >= 0.6 is 0 Å². The molecule has 0 aromatic carbocycles. The van der Waals surface area contributed by atoms with Crippen molar-refractivity contribution >= 4 is 5.78 Å². The fourth-order valence-corrected chi connectivity index (χ4v) is 3.36. The number of fused-ring (bicyclic) bond motifs is 1. The van der Waals surface area contributed by atoms with E-state index >= 15 is 0 Å². The Balaban J connectivity index is 1.88. The molecule has 2 heterocycles. The second-order valence-electron chi connectivity index (χ2n) is 7.01. The van der Waals surface area contributed by atoms with Gasteiger partial charge in [0.05, 0.1) is 6.20 Å². The Bertz CT molecular complexity index is 691. The van der Waals surface area contributed by atoms with Crippen LogP contribution in [-0.4, -0.2) is 20.1 Å². The van der Waals surface area contributed by atoms with E-state index in [0.29, 0.717) is 12.2 Å². The van der Waals surface area contributed by atoms with E-state index in [2.05, 4.69) is 42.7 Å². The average Bonchev–Trinajstić information content (AvgIpc) is 2.90. The van der Waals surface area contributed by atoms with Gasteiger partial charge in [-0.2, -0.15) is 5.10 Å². The monoisotopic (exact) mass is 285 g/mol. The molecule has 21 heavy (non-hydrogen) atoms. The first-order valence-electron chi connectivity index (χ1n) is 7.55. The summed E-state index contributed by atoms with van der Waals surface area (Å²) in [6.45, 7) is 7.38. The average molecular weight is 285 g/mol. The summed E-state index contributed by atoms with van der Waals surface area (Å²) < 4.78 is 4.15. The van der Waals surface area contributed by atoms with Gasteiger partial charge in [-0.1, -0.05) is 13.8 Å². The van der Waals surface area contributed by atoms with Gasteiger partial charge in [0.2, 0.25) is 0 Å². The number of Topliss-reactive ketones (excluding diaryl/α,β-unsaturated/α-hetero) is 1. The van der Waals surface area contributed by atoms with Crippen LogP contribution in [0, 0.1) is 12.3 Å². The summed E-state index contributed by atoms with van der Waals surface area (Å²) in [4.78, 5) is 12.3. The van der Waals surface area contributed by atoms with E-state index in [1.165, 1.54) is 17.0 Å². The Labute approximate surface area is 125 Å². The molecule has 0 fully saturated rings. The molecule has 0 aliphatic heterocycles. The second kappa shape index (κ2) is 4.86. The maximum absolute atomic E-state index is 12.3. The van der Waals surface area contributed by atoms with Gasteiger partial charge in [-0.3, -0.25) is 9.48 Å². The highest BCUT2D eigenvalue weighted by Crippen LogP contribution is 2.36. The van der Waals surface area contributed by atoms with Gasteiger partial charge in [-0.25, -0.2) is 0 Å². The van der Waals surface area contributed by atoms with Gasteiger partial charge in [-0.05, 0) is 36.8 Å². The van der Waals surface area contributed by atoms with Crippen molar-refractivity contribution < 1.29 is 4.79 Å². The molecular formula is C17H23N3O. The van der Waals surface area contributed by atoms with Crippen LogP contribution in [0.4, 0.5) is 0 Å². The van der Waals surface area contributed by atoms with E-state index in [1.807, 2.05) is 17.9 Å². The summed E-state index contributed by atoms with van der Waals surface area (Å²) in [7, 11) is 1.94. The molecule has 2 aromatic heterocycles. The highest BCUT2D eigenvalue weighted by molar-refractivity contribution is 5.99. The zero-order valence-electron chi connectivity index (χ0n) is 13.3. The van der Waals surface area contributed by atoms with Gasteiger partial charge in [-0.15, -0.1) is 0 Å². The lowest BCUT2D eigenvalue weighted by Gasteiger charge is -2.29. The van der Waals surface area contributed by atoms with Crippen molar-refractivity contribution in [2.45, 2.75) is 46.6 Å². The summed E-state index contributed by atoms with van der Waals surface area (Å²) in [5.41, 5.74) is 4.66. The zero-order chi connectivity index (χ0) is 15.2. The minimum atomic E-state index is 0.0704. The molecular weight excluding hydrogens is 262 g/mol. The lowest BCUT2D eigenvalue weighted by atomic mass is 9.76. The van der Waals surface area contributed by atoms with Crippen LogP contribution < -0.4 is 0 Å². The third-order valence-electron chi connectivity index (χ3n) is 4.38. The normalized spacial score (nSPS) is 17.0. The predicted molar refractivity (Wildman–Crippen MR) is 82.5 cm³/mol. The van der Waals surface area contributed by atoms with Gasteiger partial charge in [0, 0.05) is 43.2 Å². The van der Waals surface area contributed by atoms with Gasteiger partial charge >= 0.3 is 0 Å². The fraction of sp³-hybridized carbons (Fsp3) is 0.529. The lowest BCUT2D eigenvalue weighted by molar-refractivity contribution is 0.0910. The molecule has 2 aromatic rings. The number of carbonyl (C=O) groups excluding carboxylic acids is 1. The van der Waals surface area contributed by atoms with E-state index in [9.17, 15) is 4.79 Å². The molecule has 3 rings (SSSR count). The van der Waals surface area contributed by atoms with E-state index < -0.39 is 0 Å². The molecule has 0 radical (unpaired) electrons. The highest BCUT2D eigenvalue weighted by Gasteiger charge is 2.33. The SMILES string of the molecule is Cc1cc2c(n1CCc1cnn(C)c1)CC(C)(C)CC2=O. The number of aromatic nitrogens is 3. The van der Waals surface area contributed by atoms with Crippen molar-refractivity contribution in [3.63, 3.8) is 0 Å². The standard InChI is InChI=1S/C17H23N3O/c1-12-7-14-15(8-17(2,3)9-16(14)21)20(12)6-5-13-10-18-19(4)11-13/h7,10-11H,5-6,8-9H2,1-4H3. The molecule has 1 aliphatic rings. The Morgan fingerprint density at radius 3 is 2.76 bits per heavy atom. The number of hydrogen-bond donors (Lipinski definition) is 0. The minimum Gasteiger partial charge on any atom is -0.348 e. The van der Waals surface area contributed by atoms with Crippen molar-refractivity contribution in [1.29, 1.82) is 0 Å². The van der Waals surface area contributed by atoms with Crippen LogP contribution in [0.1, 0.15) is 47.6 Å². The Morgan fingerprint density at radius 1 is 1.33 bits per heavy atom. The molecule has 0 bridgehead atoms. The minimum absolute atomic E-state index is 0.0704. The van der Waals surface area contributed by atoms with Crippen molar-refractivity contribution in [2.24, 2.45) is 12.5 Å². The first kappa shape index (κ1) is 14.1. The summed E-state index contributed by atoms with van der Waals surface area (Å²) in [6.07, 6.45) is 6.56. The summed E-state index contributed by atoms with van der Waals surface area (Å²) in [6, 6.07) is 2.07. The maximum Gasteiger partial charge on any atom is 0.165 e. The summed E-state index contributed by atoms with van der Waals surface area (Å²) >= 11 is 0. The summed E-state index contributed by atoms with van der Waals surface area (Å²) in [5.74, 6) is 0.296. The number of hydrogen-bond acceptors (Lipinski definition) is 2. The third kappa shape index (κ3) is 2.67. The second-order valence-corrected chi connectivity index (χ2v) is 7.01. The zero-order valence-corrected chi connectivity index (χ0v) is 13.3. The topological polar surface area (TPSA) is 39.8 Å². The number of rotatable bonds is 3. The Morgan fingerprint density at radius 2 is 2.10 bits per heavy atom. The van der Waals surface area contributed by atoms with Crippen molar-refractivity contribution in [2.75, 3.05) is 0 Å². The van der Waals surface area contributed by atoms with Gasteiger partial charge in [0.25, 0.3) is 0 Å². The molecule has 0 saturated heterocycles. The maximum atomic E-state index is 12.3. The van der Waals surface area contributed by atoms with Crippen LogP contribution in [-0.2, 0) is 26.4 Å². The van der Waals surface area contributed by atoms with Crippen LogP contribution in [0.25, 0.3) is 0 Å². The van der Waals surface area contributed by atoms with Crippen LogP contribution in [0.15, 0.2) is 18.5 Å². The van der Waals surface area contributed by atoms with E-state index in [4.69, 9.17) is 0 Å². The quantitative estimate of drug-likeness (QED) is 0.870. The predicted octanol–water partition coefficient (Wildman–Crippen LogP) is 2.93. The van der Waals surface area contributed by atoms with Crippen molar-refractivity contribution in [1.82, 2.24) is 14.3 Å². The molecule has 0 atom stereocenters. The fourth-order valence-electron chi connectivity index (χ4n) is 3.36. The third-order valence-corrected chi connectivity index (χ3v) is 4.38. The van der Waals surface area contributed by atoms with Gasteiger partial charge in [0.1, 0.15) is 0 Å². The van der Waals surface area contributed by atoms with Gasteiger partial charge in [0.15, 0.2) is 5.78 Å². The summed E-state index contributed by atoms with van der Waals surface area (Å²) in [5, 5.41) is 4.21. The Hall–Kier alpha value is -1.84. The number of carbonyl (C=O) groups is 1. The smallest absolute Gasteiger partial charge is 0.165 e. The van der Waals surface area contributed by atoms with Crippen LogP contribution in [0.5, 0.6) is 0 Å². The lowest BCUT2D eigenvalue weighted by Crippen LogP contribution is -2.28. The largest absolute Gasteiger partial charge is 0.348 e. The van der Waals surface area contributed by atoms with E-state index in [1.54, 1.807) is 0 Å². The molecule has 4 nitrogen and oxygen atoms in total. The first-order chi connectivity index (χ1) is 9.85. The highest BCUT2D eigenvalue weighted by atomic mass is 16.1. The van der Waals surface area contributed by atoms with Crippen LogP contribution in [0.3, 0.4) is 0 Å². The molecule has 0 N–H and O–H groups in total. The van der Waals surface area contributed by atoms with Crippen molar-refractivity contribution in [3.8, 4) is 0 Å².